The molecule has 2 amide bonds. The first-order valence-electron chi connectivity index (χ1n) is 9.54. The number of sulfone groups is 1. The van der Waals surface area contributed by atoms with Crippen LogP contribution >= 0.6 is 12.3 Å². The third kappa shape index (κ3) is 10.1. The third-order valence-corrected chi connectivity index (χ3v) is 7.54. The molecule has 0 aromatic heterocycles. The van der Waals surface area contributed by atoms with Crippen molar-refractivity contribution < 1.29 is 58.0 Å². The normalized spacial score (nSPS) is 12.5. The molecule has 0 saturated heterocycles. The van der Waals surface area contributed by atoms with E-state index in [2.05, 4.69) is 34.4 Å². The van der Waals surface area contributed by atoms with Crippen LogP contribution < -0.4 is 16.4 Å². The minimum atomic E-state index is -5.01. The summed E-state index contributed by atoms with van der Waals surface area (Å²) in [6.45, 7) is -0.455. The highest BCUT2D eigenvalue weighted by atomic mass is 32.2. The van der Waals surface area contributed by atoms with Crippen LogP contribution in [-0.4, -0.2) is 63.9 Å². The summed E-state index contributed by atoms with van der Waals surface area (Å²) in [4.78, 5) is 9.92. The van der Waals surface area contributed by atoms with Crippen LogP contribution in [0.15, 0.2) is 56.4 Å². The second-order valence-corrected chi connectivity index (χ2v) is 12.2. The van der Waals surface area contributed by atoms with E-state index < -0.39 is 69.8 Å². The molecule has 0 heterocycles. The molecule has 0 saturated carbocycles. The number of hydrogen-bond acceptors (Lipinski definition) is 15. The minimum Gasteiger partial charge on any atom is -0.370 e. The molecule has 0 spiro atoms. The topological polar surface area (TPSA) is 283 Å². The number of carbonyl (C=O) groups excluding carboxylic acids is 1. The van der Waals surface area contributed by atoms with Gasteiger partial charge in [0, 0.05) is 5.69 Å². The summed E-state index contributed by atoms with van der Waals surface area (Å²) in [5.41, 5.74) is 4.52. The van der Waals surface area contributed by atoms with Crippen molar-refractivity contribution in [1.82, 2.24) is 0 Å². The summed E-state index contributed by atoms with van der Waals surface area (Å²) in [6, 6.07) is 5.22. The fraction of sp³-hybridized carbons (Fsp3) is 0.188. The summed E-state index contributed by atoms with van der Waals surface area (Å²) in [6.07, 6.45) is 0. The highest BCUT2D eigenvalue weighted by Gasteiger charge is 2.22. The van der Waals surface area contributed by atoms with Gasteiger partial charge in [0.2, 0.25) is 0 Å². The molecule has 2 aromatic rings. The van der Waals surface area contributed by atoms with Crippen LogP contribution in [0.4, 0.5) is 27.5 Å². The lowest BCUT2D eigenvalue weighted by atomic mass is 10.2. The molecule has 0 fully saturated rings. The van der Waals surface area contributed by atoms with E-state index in [-0.39, 0.29) is 29.4 Å². The average molecular weight is 618 g/mol. The van der Waals surface area contributed by atoms with E-state index in [1.807, 2.05) is 0 Å². The number of nitrogens with two attached hydrogens (primary N) is 1. The van der Waals surface area contributed by atoms with Crippen LogP contribution in [0.5, 0.6) is 0 Å². The van der Waals surface area contributed by atoms with Gasteiger partial charge in [-0.25, -0.2) is 18.5 Å². The van der Waals surface area contributed by atoms with E-state index in [0.29, 0.717) is 6.07 Å². The number of urea groups is 1. The van der Waals surface area contributed by atoms with Crippen LogP contribution in [0, 0.1) is 0 Å². The number of nitrogens with one attached hydrogen (secondary N) is 2. The molecule has 2 rings (SSSR count). The summed E-state index contributed by atoms with van der Waals surface area (Å²) < 4.78 is 97.6. The molecule has 0 aliphatic carbocycles. The molecule has 0 bridgehead atoms. The maximum Gasteiger partial charge on any atom is 0.316 e. The van der Waals surface area contributed by atoms with Gasteiger partial charge in [0.05, 0.1) is 22.9 Å². The first-order chi connectivity index (χ1) is 17.6. The molecular formula is C16H19N5O13S4. The van der Waals surface area contributed by atoms with Gasteiger partial charge in [-0.05, 0) is 36.4 Å². The quantitative estimate of drug-likeness (QED) is 0.0440. The largest absolute Gasteiger partial charge is 0.370 e. The fourth-order valence-electron chi connectivity index (χ4n) is 2.55. The number of amides is 2. The molecular weight excluding hydrogens is 598 g/mol. The van der Waals surface area contributed by atoms with Gasteiger partial charge in [-0.15, -0.1) is 14.6 Å². The zero-order valence-electron chi connectivity index (χ0n) is 18.6. The maximum absolute atomic E-state index is 12.5. The Balaban J connectivity index is 2.39. The van der Waals surface area contributed by atoms with Gasteiger partial charge in [0.1, 0.15) is 22.1 Å². The number of nitrogens with zero attached hydrogens (tertiary/aromatic N) is 2. The lowest BCUT2D eigenvalue weighted by Gasteiger charge is -2.10. The van der Waals surface area contributed by atoms with Crippen LogP contribution in [0.2, 0.25) is 0 Å². The van der Waals surface area contributed by atoms with Gasteiger partial charge in [0.25, 0.3) is 20.2 Å². The van der Waals surface area contributed by atoms with Crippen molar-refractivity contribution in [1.29, 1.82) is 0 Å². The number of azo groups is 1. The Morgan fingerprint density at radius 1 is 1.00 bits per heavy atom. The Morgan fingerprint density at radius 2 is 1.66 bits per heavy atom. The second kappa shape index (κ2) is 13.2. The van der Waals surface area contributed by atoms with Gasteiger partial charge in [-0.2, -0.15) is 16.8 Å². The van der Waals surface area contributed by atoms with Gasteiger partial charge >= 0.3 is 6.03 Å². The number of primary amides is 1. The Labute approximate surface area is 219 Å². The molecule has 0 radical (unpaired) electrons. The monoisotopic (exact) mass is 617 g/mol. The van der Waals surface area contributed by atoms with Gasteiger partial charge < -0.3 is 16.4 Å². The minimum absolute atomic E-state index is 0.108. The van der Waals surface area contributed by atoms with E-state index in [0.717, 1.165) is 12.1 Å². The highest BCUT2D eigenvalue weighted by molar-refractivity contribution is 7.91. The first-order valence-corrected chi connectivity index (χ1v) is 14.9. The molecule has 22 heteroatoms. The summed E-state index contributed by atoms with van der Waals surface area (Å²) in [5.74, 6) is -1.51. The highest BCUT2D eigenvalue weighted by Crippen LogP contribution is 2.33. The van der Waals surface area contributed by atoms with Gasteiger partial charge in [-0.1, -0.05) is 5.04 Å². The van der Waals surface area contributed by atoms with Gasteiger partial charge in [0.15, 0.2) is 22.2 Å². The maximum atomic E-state index is 12.5. The molecule has 7 N–H and O–H groups in total. The molecule has 0 aliphatic heterocycles. The SMILES string of the molecule is NC(=O)Nc1cc(NCS(=O)(=O)O)ccc1N=Nc1ccc(S(=O)(=O)CCOSOOO)cc1S(=O)(=O)O. The zero-order chi connectivity index (χ0) is 28.6. The predicted octanol–water partition coefficient (Wildman–Crippen LogP) is 1.87. The fourth-order valence-corrected chi connectivity index (χ4v) is 5.06. The molecule has 0 unspecified atom stereocenters. The Bertz CT molecular complexity index is 1510. The Hall–Kier alpha value is -2.93. The molecule has 38 heavy (non-hydrogen) atoms. The molecule has 0 aliphatic rings. The summed E-state index contributed by atoms with van der Waals surface area (Å²) in [7, 11) is -13.5. The van der Waals surface area contributed by atoms with Crippen molar-refractivity contribution in [3.63, 3.8) is 0 Å². The van der Waals surface area contributed by atoms with Crippen molar-refractivity contribution in [2.75, 3.05) is 28.9 Å². The number of benzene rings is 2. The van der Waals surface area contributed by atoms with Crippen molar-refractivity contribution in [3.8, 4) is 0 Å². The van der Waals surface area contributed by atoms with E-state index in [1.165, 1.54) is 18.2 Å². The smallest absolute Gasteiger partial charge is 0.316 e. The third-order valence-electron chi connectivity index (χ3n) is 4.09. The molecule has 18 nitrogen and oxygen atoms in total. The van der Waals surface area contributed by atoms with Crippen LogP contribution in [0.3, 0.4) is 0 Å². The first kappa shape index (κ1) is 31.3. The molecule has 2 aromatic carbocycles. The number of carbonyl (C=O) groups is 1. The average Bonchev–Trinajstić information content (AvgIpc) is 2.80. The number of anilines is 2. The van der Waals surface area contributed by atoms with E-state index >= 15 is 0 Å². The lowest BCUT2D eigenvalue weighted by Crippen LogP contribution is -2.19. The van der Waals surface area contributed by atoms with Gasteiger partial charge in [-0.3, -0.25) is 13.3 Å². The summed E-state index contributed by atoms with van der Waals surface area (Å²) >= 11 is 0.137. The lowest BCUT2D eigenvalue weighted by molar-refractivity contribution is -0.434. The molecule has 210 valence electrons. The number of hydrogen-bond donors (Lipinski definition) is 6. The zero-order valence-corrected chi connectivity index (χ0v) is 21.9. The van der Waals surface area contributed by atoms with Crippen molar-refractivity contribution in [2.45, 2.75) is 9.79 Å². The Kier molecular flexibility index (Phi) is 10.9. The Morgan fingerprint density at radius 3 is 2.26 bits per heavy atom. The van der Waals surface area contributed by atoms with Crippen molar-refractivity contribution >= 4 is 71.2 Å². The van der Waals surface area contributed by atoms with Crippen molar-refractivity contribution in [2.24, 2.45) is 16.0 Å². The van der Waals surface area contributed by atoms with E-state index in [1.54, 1.807) is 0 Å². The predicted molar refractivity (Wildman–Crippen MR) is 131 cm³/mol. The molecule has 0 atom stereocenters. The standard InChI is InChI=1S/C16H19N5O13S4/c17-16(22)19-14-7-10(18-9-37(26,27)28)1-3-12(14)20-21-13-4-2-11(8-15(13)38(29,30)31)36(24,25)6-5-32-35-34-33-23/h1-4,7-8,18,23H,5-6,9H2,(H3,17,19,22)(H,26,27,28)(H,29,30,31). The van der Waals surface area contributed by atoms with Crippen LogP contribution in [0.1, 0.15) is 0 Å². The van der Waals surface area contributed by atoms with E-state index in [4.69, 9.17) is 15.5 Å². The summed E-state index contributed by atoms with van der Waals surface area (Å²) in [5, 5.41) is 23.3. The number of rotatable bonds is 14. The van der Waals surface area contributed by atoms with E-state index in [9.17, 15) is 34.6 Å². The van der Waals surface area contributed by atoms with Crippen LogP contribution in [-0.2, 0) is 43.6 Å². The second-order valence-electron chi connectivity index (χ2n) is 6.78. The van der Waals surface area contributed by atoms with Crippen LogP contribution in [0.25, 0.3) is 0 Å². The van der Waals surface area contributed by atoms with Crippen molar-refractivity contribution in [3.05, 3.63) is 36.4 Å².